The third-order valence-corrected chi connectivity index (χ3v) is 3.17. The van der Waals surface area contributed by atoms with E-state index in [-0.39, 0.29) is 22.9 Å². The van der Waals surface area contributed by atoms with Crippen molar-refractivity contribution in [1.82, 2.24) is 0 Å². The van der Waals surface area contributed by atoms with Gasteiger partial charge in [0.05, 0.1) is 17.2 Å². The van der Waals surface area contributed by atoms with Crippen molar-refractivity contribution in [2.24, 2.45) is 0 Å². The van der Waals surface area contributed by atoms with Crippen molar-refractivity contribution < 1.29 is 18.3 Å². The molecule has 0 bridgehead atoms. The minimum Gasteiger partial charge on any atom is -0.433 e. The monoisotopic (exact) mass is 277 g/mol. The van der Waals surface area contributed by atoms with Gasteiger partial charge in [0.1, 0.15) is 5.75 Å². The van der Waals surface area contributed by atoms with Crippen molar-refractivity contribution in [2.45, 2.75) is 32.1 Å². The molecular weight excluding hydrogens is 264 g/mol. The van der Waals surface area contributed by atoms with E-state index >= 15 is 0 Å². The lowest BCUT2D eigenvalue weighted by atomic mass is 10.1. The van der Waals surface area contributed by atoms with Crippen LogP contribution in [0.2, 0.25) is 5.02 Å². The van der Waals surface area contributed by atoms with Crippen LogP contribution in [0.25, 0.3) is 0 Å². The summed E-state index contributed by atoms with van der Waals surface area (Å²) in [6.45, 7) is -0.163. The normalized spacial score (nSPS) is 23.4. The second-order valence-corrected chi connectivity index (χ2v) is 4.55. The van der Waals surface area contributed by atoms with Gasteiger partial charge in [-0.25, -0.2) is 0 Å². The largest absolute Gasteiger partial charge is 0.433 e. The first-order valence-corrected chi connectivity index (χ1v) is 6.06. The van der Waals surface area contributed by atoms with Gasteiger partial charge >= 0.3 is 6.61 Å². The minimum absolute atomic E-state index is 0.0204. The maximum atomic E-state index is 12.1. The maximum absolute atomic E-state index is 12.1. The quantitative estimate of drug-likeness (QED) is 0.913. The lowest BCUT2D eigenvalue weighted by Gasteiger charge is -2.18. The number of hydrogen-bond acceptors (Lipinski definition) is 3. The van der Waals surface area contributed by atoms with E-state index in [1.165, 1.54) is 6.07 Å². The molecule has 0 spiro atoms. The lowest BCUT2D eigenvalue weighted by Crippen LogP contribution is -2.26. The summed E-state index contributed by atoms with van der Waals surface area (Å²) in [4.78, 5) is 0. The average molecular weight is 278 g/mol. The summed E-state index contributed by atoms with van der Waals surface area (Å²) in [6.07, 6.45) is 1.04. The van der Waals surface area contributed by atoms with E-state index < -0.39 is 6.61 Å². The first kappa shape index (κ1) is 13.4. The van der Waals surface area contributed by atoms with Crippen molar-refractivity contribution >= 4 is 17.3 Å². The molecule has 2 unspecified atom stereocenters. The fourth-order valence-corrected chi connectivity index (χ4v) is 2.14. The summed E-state index contributed by atoms with van der Waals surface area (Å²) in [5.74, 6) is -0.0204. The van der Waals surface area contributed by atoms with E-state index in [9.17, 15) is 8.78 Å². The van der Waals surface area contributed by atoms with Crippen LogP contribution in [0.5, 0.6) is 5.75 Å². The van der Waals surface area contributed by atoms with Crippen LogP contribution in [0.1, 0.15) is 13.3 Å². The Hall–Kier alpha value is -1.07. The summed E-state index contributed by atoms with van der Waals surface area (Å²) in [5.41, 5.74) is 0.768. The molecule has 1 saturated heterocycles. The zero-order valence-corrected chi connectivity index (χ0v) is 10.6. The van der Waals surface area contributed by atoms with Crippen LogP contribution in [0.4, 0.5) is 14.5 Å². The van der Waals surface area contributed by atoms with Crippen LogP contribution in [0, 0.1) is 0 Å². The first-order chi connectivity index (χ1) is 8.56. The molecule has 1 N–H and O–H groups in total. The van der Waals surface area contributed by atoms with Gasteiger partial charge in [-0.1, -0.05) is 11.6 Å². The molecule has 2 rings (SSSR count). The molecule has 1 aromatic rings. The summed E-state index contributed by atoms with van der Waals surface area (Å²) < 4.78 is 33.8. The van der Waals surface area contributed by atoms with Gasteiger partial charge in [0.2, 0.25) is 0 Å². The molecule has 0 amide bonds. The van der Waals surface area contributed by atoms with Gasteiger partial charge in [-0.15, -0.1) is 0 Å². The second-order valence-electron chi connectivity index (χ2n) is 4.14. The zero-order valence-electron chi connectivity index (χ0n) is 9.83. The molecule has 1 aliphatic rings. The van der Waals surface area contributed by atoms with Gasteiger partial charge in [-0.05, 0) is 31.5 Å². The second kappa shape index (κ2) is 5.71. The van der Waals surface area contributed by atoms with Crippen molar-refractivity contribution in [1.29, 1.82) is 0 Å². The fraction of sp³-hybridized carbons (Fsp3) is 0.500. The molecule has 1 aliphatic heterocycles. The van der Waals surface area contributed by atoms with Gasteiger partial charge in [0, 0.05) is 12.3 Å². The van der Waals surface area contributed by atoms with Crippen molar-refractivity contribution in [3.8, 4) is 5.75 Å². The van der Waals surface area contributed by atoms with Crippen LogP contribution in [0.15, 0.2) is 18.2 Å². The number of halogens is 3. The van der Waals surface area contributed by atoms with Crippen LogP contribution < -0.4 is 10.1 Å². The molecule has 100 valence electrons. The SMILES string of the molecule is CC1OCCC1Nc1ccc(OC(F)F)c(Cl)c1. The first-order valence-electron chi connectivity index (χ1n) is 5.69. The molecular formula is C12H14ClF2NO2. The average Bonchev–Trinajstić information content (AvgIpc) is 2.68. The van der Waals surface area contributed by atoms with Crippen LogP contribution in [-0.2, 0) is 4.74 Å². The van der Waals surface area contributed by atoms with E-state index in [2.05, 4.69) is 10.1 Å². The highest BCUT2D eigenvalue weighted by atomic mass is 35.5. The molecule has 6 heteroatoms. The number of rotatable bonds is 4. The van der Waals surface area contributed by atoms with E-state index in [4.69, 9.17) is 16.3 Å². The van der Waals surface area contributed by atoms with E-state index in [0.29, 0.717) is 0 Å². The number of benzene rings is 1. The van der Waals surface area contributed by atoms with Crippen molar-refractivity contribution in [3.05, 3.63) is 23.2 Å². The molecule has 1 fully saturated rings. The predicted octanol–water partition coefficient (Wildman–Crippen LogP) is 3.53. The van der Waals surface area contributed by atoms with Crippen LogP contribution in [0.3, 0.4) is 0 Å². The number of nitrogens with one attached hydrogen (secondary N) is 1. The highest BCUT2D eigenvalue weighted by molar-refractivity contribution is 6.32. The van der Waals surface area contributed by atoms with Crippen LogP contribution >= 0.6 is 11.6 Å². The Morgan fingerprint density at radius 1 is 1.50 bits per heavy atom. The summed E-state index contributed by atoms with van der Waals surface area (Å²) in [6, 6.07) is 4.87. The zero-order chi connectivity index (χ0) is 13.1. The molecule has 1 heterocycles. The van der Waals surface area contributed by atoms with Gasteiger partial charge in [0.25, 0.3) is 0 Å². The molecule has 3 nitrogen and oxygen atoms in total. The molecule has 1 aromatic carbocycles. The Balaban J connectivity index is 2.04. The molecule has 18 heavy (non-hydrogen) atoms. The number of alkyl halides is 2. The highest BCUT2D eigenvalue weighted by Gasteiger charge is 2.24. The van der Waals surface area contributed by atoms with Gasteiger partial charge < -0.3 is 14.8 Å². The lowest BCUT2D eigenvalue weighted by molar-refractivity contribution is -0.0497. The molecule has 0 aliphatic carbocycles. The number of ether oxygens (including phenoxy) is 2. The summed E-state index contributed by atoms with van der Waals surface area (Å²) >= 11 is 5.87. The van der Waals surface area contributed by atoms with E-state index in [1.807, 2.05) is 6.92 Å². The van der Waals surface area contributed by atoms with Crippen molar-refractivity contribution in [3.63, 3.8) is 0 Å². The third-order valence-electron chi connectivity index (χ3n) is 2.88. The number of anilines is 1. The smallest absolute Gasteiger partial charge is 0.387 e. The molecule has 0 radical (unpaired) electrons. The Morgan fingerprint density at radius 3 is 2.83 bits per heavy atom. The summed E-state index contributed by atoms with van der Waals surface area (Å²) in [5, 5.41) is 3.42. The van der Waals surface area contributed by atoms with E-state index in [1.54, 1.807) is 12.1 Å². The standard InChI is InChI=1S/C12H14ClF2NO2/c1-7-10(4-5-17-7)16-8-2-3-11(9(13)6-8)18-12(14)15/h2-3,6-7,10,12,16H,4-5H2,1H3. The molecule has 2 atom stereocenters. The van der Waals surface area contributed by atoms with Gasteiger partial charge in [-0.3, -0.25) is 0 Å². The number of hydrogen-bond donors (Lipinski definition) is 1. The van der Waals surface area contributed by atoms with Gasteiger partial charge in [0.15, 0.2) is 0 Å². The highest BCUT2D eigenvalue weighted by Crippen LogP contribution is 2.30. The Kier molecular flexibility index (Phi) is 4.24. The Morgan fingerprint density at radius 2 is 2.28 bits per heavy atom. The Bertz CT molecular complexity index is 417. The minimum atomic E-state index is -2.87. The Labute approximate surface area is 109 Å². The topological polar surface area (TPSA) is 30.5 Å². The maximum Gasteiger partial charge on any atom is 0.387 e. The van der Waals surface area contributed by atoms with Crippen LogP contribution in [-0.4, -0.2) is 25.4 Å². The molecule has 0 saturated carbocycles. The van der Waals surface area contributed by atoms with E-state index in [0.717, 1.165) is 18.7 Å². The van der Waals surface area contributed by atoms with Crippen molar-refractivity contribution in [2.75, 3.05) is 11.9 Å². The predicted molar refractivity (Wildman–Crippen MR) is 65.5 cm³/mol. The fourth-order valence-electron chi connectivity index (χ4n) is 1.92. The third kappa shape index (κ3) is 3.23. The summed E-state index contributed by atoms with van der Waals surface area (Å²) in [7, 11) is 0. The van der Waals surface area contributed by atoms with Gasteiger partial charge in [-0.2, -0.15) is 8.78 Å². The molecule has 0 aromatic heterocycles.